The topological polar surface area (TPSA) is 46.6 Å². The number of ether oxygens (including phenoxy) is 1. The minimum absolute atomic E-state index is 0.0432. The highest BCUT2D eigenvalue weighted by Gasteiger charge is 2.22. The molecule has 21 heavy (non-hydrogen) atoms. The summed E-state index contributed by atoms with van der Waals surface area (Å²) in [6, 6.07) is 8.32. The van der Waals surface area contributed by atoms with Gasteiger partial charge in [-0.05, 0) is 42.5 Å². The molecule has 0 fully saturated rings. The van der Waals surface area contributed by atoms with E-state index in [2.05, 4.69) is 0 Å². The molecule has 0 aliphatic heterocycles. The predicted octanol–water partition coefficient (Wildman–Crippen LogP) is 2.80. The van der Waals surface area contributed by atoms with Crippen LogP contribution in [0.1, 0.15) is 0 Å². The maximum absolute atomic E-state index is 13.6. The van der Waals surface area contributed by atoms with Crippen molar-refractivity contribution in [2.75, 3.05) is 18.5 Å². The van der Waals surface area contributed by atoms with Gasteiger partial charge in [0.05, 0.1) is 17.7 Å². The van der Waals surface area contributed by atoms with Crippen LogP contribution >= 0.6 is 0 Å². The molecule has 0 aliphatic carbocycles. The van der Waals surface area contributed by atoms with Crippen molar-refractivity contribution in [3.8, 4) is 5.75 Å². The number of nitrogens with zero attached hydrogens (tertiary/aromatic N) is 1. The zero-order valence-corrected chi connectivity index (χ0v) is 12.2. The van der Waals surface area contributed by atoms with Gasteiger partial charge in [0.25, 0.3) is 10.0 Å². The molecule has 2 aromatic carbocycles. The lowest BCUT2D eigenvalue weighted by Gasteiger charge is -2.19. The summed E-state index contributed by atoms with van der Waals surface area (Å²) < 4.78 is 57.0. The van der Waals surface area contributed by atoms with E-state index in [1.54, 1.807) is 0 Å². The van der Waals surface area contributed by atoms with Crippen molar-refractivity contribution in [1.29, 1.82) is 0 Å². The van der Waals surface area contributed by atoms with E-state index in [0.717, 1.165) is 22.5 Å². The van der Waals surface area contributed by atoms with E-state index in [0.29, 0.717) is 0 Å². The summed E-state index contributed by atoms with van der Waals surface area (Å²) in [6.07, 6.45) is 0. The molecule has 0 saturated heterocycles. The molecule has 0 spiro atoms. The molecule has 0 radical (unpaired) electrons. The number of rotatable bonds is 4. The van der Waals surface area contributed by atoms with Crippen molar-refractivity contribution in [2.45, 2.75) is 4.90 Å². The lowest BCUT2D eigenvalue weighted by Crippen LogP contribution is -2.26. The Morgan fingerprint density at radius 2 is 1.67 bits per heavy atom. The van der Waals surface area contributed by atoms with E-state index in [9.17, 15) is 17.2 Å². The van der Waals surface area contributed by atoms with E-state index in [1.165, 1.54) is 38.4 Å². The summed E-state index contributed by atoms with van der Waals surface area (Å²) in [5.41, 5.74) is 0.271. The average Bonchev–Trinajstić information content (AvgIpc) is 2.47. The fraction of sp³-hybridized carbons (Fsp3) is 0.143. The zero-order valence-electron chi connectivity index (χ0n) is 11.4. The summed E-state index contributed by atoms with van der Waals surface area (Å²) in [5.74, 6) is -1.29. The lowest BCUT2D eigenvalue weighted by molar-refractivity contribution is 0.385. The Morgan fingerprint density at radius 3 is 2.19 bits per heavy atom. The van der Waals surface area contributed by atoms with Crippen molar-refractivity contribution in [3.05, 3.63) is 54.1 Å². The van der Waals surface area contributed by atoms with Gasteiger partial charge in [0.1, 0.15) is 5.82 Å². The van der Waals surface area contributed by atoms with Gasteiger partial charge in [-0.3, -0.25) is 4.31 Å². The molecule has 4 nitrogen and oxygen atoms in total. The monoisotopic (exact) mass is 313 g/mol. The standard InChI is InChI=1S/C14H13F2NO3S/c1-17(11-5-3-10(15)4-6-11)21(18,19)12-7-8-14(20-2)13(16)9-12/h3-9H,1-2H3. The highest BCUT2D eigenvalue weighted by molar-refractivity contribution is 7.92. The van der Waals surface area contributed by atoms with Gasteiger partial charge in [-0.25, -0.2) is 17.2 Å². The quantitative estimate of drug-likeness (QED) is 0.872. The zero-order chi connectivity index (χ0) is 15.6. The molecule has 0 atom stereocenters. The van der Waals surface area contributed by atoms with Crippen LogP contribution < -0.4 is 9.04 Å². The first-order valence-electron chi connectivity index (χ1n) is 5.94. The van der Waals surface area contributed by atoms with E-state index in [1.807, 2.05) is 0 Å². The van der Waals surface area contributed by atoms with Gasteiger partial charge >= 0.3 is 0 Å². The Balaban J connectivity index is 2.41. The lowest BCUT2D eigenvalue weighted by atomic mass is 10.3. The Kier molecular flexibility index (Phi) is 4.13. The largest absolute Gasteiger partial charge is 0.494 e. The maximum atomic E-state index is 13.6. The Hall–Kier alpha value is -2.15. The highest BCUT2D eigenvalue weighted by Crippen LogP contribution is 2.25. The van der Waals surface area contributed by atoms with Crippen LogP contribution in [0.2, 0.25) is 0 Å². The second-order valence-corrected chi connectivity index (χ2v) is 6.21. The fourth-order valence-corrected chi connectivity index (χ4v) is 2.96. The molecule has 0 heterocycles. The second kappa shape index (κ2) is 5.69. The molecular weight excluding hydrogens is 300 g/mol. The number of anilines is 1. The maximum Gasteiger partial charge on any atom is 0.264 e. The molecule has 7 heteroatoms. The molecule has 0 amide bonds. The van der Waals surface area contributed by atoms with Crippen molar-refractivity contribution in [1.82, 2.24) is 0 Å². The normalized spacial score (nSPS) is 11.2. The number of benzene rings is 2. The molecular formula is C14H13F2NO3S. The SMILES string of the molecule is COc1ccc(S(=O)(=O)N(C)c2ccc(F)cc2)cc1F. The summed E-state index contributed by atoms with van der Waals surface area (Å²) in [4.78, 5) is -0.215. The summed E-state index contributed by atoms with van der Waals surface area (Å²) in [7, 11) is -1.34. The molecule has 2 rings (SSSR count). The van der Waals surface area contributed by atoms with Gasteiger partial charge in [-0.1, -0.05) is 0 Å². The summed E-state index contributed by atoms with van der Waals surface area (Å²) >= 11 is 0. The van der Waals surface area contributed by atoms with Crippen molar-refractivity contribution >= 4 is 15.7 Å². The highest BCUT2D eigenvalue weighted by atomic mass is 32.2. The third kappa shape index (κ3) is 2.97. The number of hydrogen-bond acceptors (Lipinski definition) is 3. The molecule has 0 unspecified atom stereocenters. The smallest absolute Gasteiger partial charge is 0.264 e. The molecule has 0 N–H and O–H groups in total. The van der Waals surface area contributed by atoms with Crippen molar-refractivity contribution < 1.29 is 21.9 Å². The molecule has 0 bridgehead atoms. The van der Waals surface area contributed by atoms with Crippen LogP contribution in [0.5, 0.6) is 5.75 Å². The first-order chi connectivity index (χ1) is 9.86. The first kappa shape index (κ1) is 15.2. The number of methoxy groups -OCH3 is 1. The number of sulfonamides is 1. The molecule has 0 saturated carbocycles. The van der Waals surface area contributed by atoms with Crippen molar-refractivity contribution in [3.63, 3.8) is 0 Å². The Labute approximate surface area is 121 Å². The average molecular weight is 313 g/mol. The molecule has 0 aromatic heterocycles. The fourth-order valence-electron chi connectivity index (χ4n) is 1.76. The Morgan fingerprint density at radius 1 is 1.05 bits per heavy atom. The van der Waals surface area contributed by atoms with Gasteiger partial charge in [0.2, 0.25) is 0 Å². The van der Waals surface area contributed by atoms with Gasteiger partial charge < -0.3 is 4.74 Å². The van der Waals surface area contributed by atoms with Gasteiger partial charge in [-0.15, -0.1) is 0 Å². The van der Waals surface area contributed by atoms with E-state index in [-0.39, 0.29) is 16.3 Å². The first-order valence-corrected chi connectivity index (χ1v) is 7.38. The van der Waals surface area contributed by atoms with Crippen LogP contribution in [0, 0.1) is 11.6 Å². The summed E-state index contributed by atoms with van der Waals surface area (Å²) in [5, 5.41) is 0. The van der Waals surface area contributed by atoms with Crippen LogP contribution in [0.15, 0.2) is 47.4 Å². The third-order valence-corrected chi connectivity index (χ3v) is 4.75. The third-order valence-electron chi connectivity index (χ3n) is 2.97. The molecule has 0 aliphatic rings. The van der Waals surface area contributed by atoms with Crippen LogP contribution in [0.25, 0.3) is 0 Å². The van der Waals surface area contributed by atoms with Crippen molar-refractivity contribution in [2.24, 2.45) is 0 Å². The van der Waals surface area contributed by atoms with Gasteiger partial charge in [0.15, 0.2) is 11.6 Å². The van der Waals surface area contributed by atoms with Crippen LogP contribution in [0.3, 0.4) is 0 Å². The van der Waals surface area contributed by atoms with E-state index >= 15 is 0 Å². The number of hydrogen-bond donors (Lipinski definition) is 0. The Bertz CT molecular complexity index is 745. The second-order valence-electron chi connectivity index (χ2n) is 4.25. The van der Waals surface area contributed by atoms with Crippen LogP contribution in [-0.2, 0) is 10.0 Å². The van der Waals surface area contributed by atoms with Gasteiger partial charge in [-0.2, -0.15) is 0 Å². The minimum Gasteiger partial charge on any atom is -0.494 e. The number of halogens is 2. The minimum atomic E-state index is -3.94. The van der Waals surface area contributed by atoms with E-state index < -0.39 is 21.7 Å². The van der Waals surface area contributed by atoms with Crippen LogP contribution in [-0.4, -0.2) is 22.6 Å². The van der Waals surface area contributed by atoms with Crippen LogP contribution in [0.4, 0.5) is 14.5 Å². The molecule has 112 valence electrons. The van der Waals surface area contributed by atoms with Gasteiger partial charge in [0, 0.05) is 7.05 Å². The predicted molar refractivity (Wildman–Crippen MR) is 74.9 cm³/mol. The molecule has 2 aromatic rings. The summed E-state index contributed by atoms with van der Waals surface area (Å²) in [6.45, 7) is 0. The van der Waals surface area contributed by atoms with E-state index in [4.69, 9.17) is 4.74 Å².